The van der Waals surface area contributed by atoms with Crippen LogP contribution in [0.5, 0.6) is 5.75 Å². The summed E-state index contributed by atoms with van der Waals surface area (Å²) < 4.78 is 12.5. The van der Waals surface area contributed by atoms with Crippen molar-refractivity contribution < 1.29 is 19.1 Å². The first kappa shape index (κ1) is 19.4. The number of hydrogen-bond acceptors (Lipinski definition) is 4. The third-order valence-corrected chi connectivity index (χ3v) is 4.34. The number of benzene rings is 2. The summed E-state index contributed by atoms with van der Waals surface area (Å²) in [6, 6.07) is 12.8. The smallest absolute Gasteiger partial charge is 0.257 e. The third-order valence-electron chi connectivity index (χ3n) is 4.34. The Balaban J connectivity index is 1.94. The van der Waals surface area contributed by atoms with E-state index in [2.05, 4.69) is 10.6 Å². The molecule has 2 aromatic carbocycles. The minimum Gasteiger partial charge on any atom is -0.495 e. The van der Waals surface area contributed by atoms with Crippen LogP contribution in [0.4, 0.5) is 11.4 Å². The molecule has 0 fully saturated rings. The van der Waals surface area contributed by atoms with E-state index in [1.807, 2.05) is 35.0 Å². The molecular formula is C21H23N3O4. The van der Waals surface area contributed by atoms with Crippen molar-refractivity contribution >= 4 is 34.1 Å². The molecule has 2 N–H and O–H groups in total. The van der Waals surface area contributed by atoms with Gasteiger partial charge in [0.1, 0.15) is 5.75 Å². The second-order valence-electron chi connectivity index (χ2n) is 6.30. The molecule has 0 saturated heterocycles. The molecule has 0 saturated carbocycles. The maximum Gasteiger partial charge on any atom is 0.257 e. The van der Waals surface area contributed by atoms with Crippen LogP contribution in [-0.2, 0) is 16.1 Å². The molecule has 146 valence electrons. The molecule has 28 heavy (non-hydrogen) atoms. The third kappa shape index (κ3) is 4.15. The number of nitrogens with zero attached hydrogens (tertiary/aromatic N) is 1. The number of carbonyl (C=O) groups is 2. The minimum absolute atomic E-state index is 0.191. The molecule has 0 spiro atoms. The number of carbonyl (C=O) groups excluding carboxylic acids is 2. The summed E-state index contributed by atoms with van der Waals surface area (Å²) in [6.07, 6.45) is 1.82. The molecular weight excluding hydrogens is 358 g/mol. The average Bonchev–Trinajstić information content (AvgIpc) is 3.05. The van der Waals surface area contributed by atoms with E-state index in [1.54, 1.807) is 25.3 Å². The number of rotatable bonds is 7. The van der Waals surface area contributed by atoms with Crippen LogP contribution in [0.3, 0.4) is 0 Å². The van der Waals surface area contributed by atoms with Gasteiger partial charge >= 0.3 is 0 Å². The van der Waals surface area contributed by atoms with Crippen LogP contribution in [-0.4, -0.2) is 37.2 Å². The summed E-state index contributed by atoms with van der Waals surface area (Å²) in [4.78, 5) is 24.3. The van der Waals surface area contributed by atoms with Crippen molar-refractivity contribution in [2.24, 2.45) is 0 Å². The van der Waals surface area contributed by atoms with Gasteiger partial charge in [-0.15, -0.1) is 0 Å². The number of nitrogens with one attached hydrogen (secondary N) is 2. The fourth-order valence-corrected chi connectivity index (χ4v) is 3.08. The van der Waals surface area contributed by atoms with E-state index in [1.165, 1.54) is 14.0 Å². The van der Waals surface area contributed by atoms with E-state index in [4.69, 9.17) is 9.47 Å². The number of ether oxygens (including phenoxy) is 2. The van der Waals surface area contributed by atoms with E-state index in [-0.39, 0.29) is 11.8 Å². The van der Waals surface area contributed by atoms with Crippen LogP contribution >= 0.6 is 0 Å². The predicted octanol–water partition coefficient (Wildman–Crippen LogP) is 3.51. The SMILES string of the molecule is COCCn1cc(C(=O)Nc2cc(NC(C)=O)ccc2OC)c2ccccc21. The van der Waals surface area contributed by atoms with Crippen molar-refractivity contribution in [1.82, 2.24) is 4.57 Å². The summed E-state index contributed by atoms with van der Waals surface area (Å²) >= 11 is 0. The number of amides is 2. The van der Waals surface area contributed by atoms with Crippen molar-refractivity contribution in [2.45, 2.75) is 13.5 Å². The summed E-state index contributed by atoms with van der Waals surface area (Å²) in [5, 5.41) is 6.45. The number of aromatic nitrogens is 1. The molecule has 3 rings (SSSR count). The van der Waals surface area contributed by atoms with Gasteiger partial charge in [0.05, 0.1) is 25.0 Å². The quantitative estimate of drug-likeness (QED) is 0.656. The first-order chi connectivity index (χ1) is 13.5. The lowest BCUT2D eigenvalue weighted by Crippen LogP contribution is -2.13. The molecule has 1 aromatic heterocycles. The Bertz CT molecular complexity index is 1010. The van der Waals surface area contributed by atoms with E-state index >= 15 is 0 Å². The fourth-order valence-electron chi connectivity index (χ4n) is 3.08. The fraction of sp³-hybridized carbons (Fsp3) is 0.238. The van der Waals surface area contributed by atoms with Gasteiger partial charge in [0.25, 0.3) is 5.91 Å². The van der Waals surface area contributed by atoms with E-state index in [9.17, 15) is 9.59 Å². The van der Waals surface area contributed by atoms with Gasteiger partial charge in [-0.1, -0.05) is 18.2 Å². The van der Waals surface area contributed by atoms with Crippen LogP contribution in [0.2, 0.25) is 0 Å². The summed E-state index contributed by atoms with van der Waals surface area (Å²) in [7, 11) is 3.17. The molecule has 2 amide bonds. The predicted molar refractivity (Wildman–Crippen MR) is 109 cm³/mol. The van der Waals surface area contributed by atoms with Crippen molar-refractivity contribution in [1.29, 1.82) is 0 Å². The van der Waals surface area contributed by atoms with Crippen LogP contribution in [0.25, 0.3) is 10.9 Å². The first-order valence-electron chi connectivity index (χ1n) is 8.87. The number of anilines is 2. The van der Waals surface area contributed by atoms with Gasteiger partial charge in [0, 0.05) is 43.4 Å². The zero-order chi connectivity index (χ0) is 20.1. The van der Waals surface area contributed by atoms with Gasteiger partial charge in [-0.05, 0) is 24.3 Å². The zero-order valence-corrected chi connectivity index (χ0v) is 16.1. The maximum absolute atomic E-state index is 13.0. The lowest BCUT2D eigenvalue weighted by Gasteiger charge is -2.12. The first-order valence-corrected chi connectivity index (χ1v) is 8.87. The van der Waals surface area contributed by atoms with Crippen LogP contribution in [0.15, 0.2) is 48.7 Å². The molecule has 0 atom stereocenters. The Morgan fingerprint density at radius 3 is 2.57 bits per heavy atom. The highest BCUT2D eigenvalue weighted by Crippen LogP contribution is 2.29. The van der Waals surface area contributed by atoms with Crippen LogP contribution in [0, 0.1) is 0 Å². The highest BCUT2D eigenvalue weighted by molar-refractivity contribution is 6.13. The Morgan fingerprint density at radius 2 is 1.86 bits per heavy atom. The summed E-state index contributed by atoms with van der Waals surface area (Å²) in [5.74, 6) is 0.0554. The average molecular weight is 381 g/mol. The molecule has 0 unspecified atom stereocenters. The molecule has 0 radical (unpaired) electrons. The zero-order valence-electron chi connectivity index (χ0n) is 16.1. The molecule has 7 nitrogen and oxygen atoms in total. The van der Waals surface area contributed by atoms with Gasteiger partial charge in [-0.25, -0.2) is 0 Å². The summed E-state index contributed by atoms with van der Waals surface area (Å²) in [5.41, 5.74) is 2.57. The molecule has 1 heterocycles. The number of fused-ring (bicyclic) bond motifs is 1. The second kappa shape index (κ2) is 8.58. The van der Waals surface area contributed by atoms with Gasteiger partial charge < -0.3 is 24.7 Å². The Kier molecular flexibility index (Phi) is 5.96. The lowest BCUT2D eigenvalue weighted by molar-refractivity contribution is -0.114. The van der Waals surface area contributed by atoms with Crippen LogP contribution in [0.1, 0.15) is 17.3 Å². The van der Waals surface area contributed by atoms with Crippen molar-refractivity contribution in [2.75, 3.05) is 31.5 Å². The lowest BCUT2D eigenvalue weighted by atomic mass is 10.1. The topological polar surface area (TPSA) is 81.6 Å². The number of methoxy groups -OCH3 is 2. The van der Waals surface area contributed by atoms with Gasteiger partial charge in [0.2, 0.25) is 5.91 Å². The Hall–Kier alpha value is -3.32. The second-order valence-corrected chi connectivity index (χ2v) is 6.30. The minimum atomic E-state index is -0.259. The number of para-hydroxylation sites is 1. The van der Waals surface area contributed by atoms with Crippen molar-refractivity contribution in [3.63, 3.8) is 0 Å². The van der Waals surface area contributed by atoms with E-state index in [0.717, 1.165) is 10.9 Å². The largest absolute Gasteiger partial charge is 0.495 e. The monoisotopic (exact) mass is 381 g/mol. The molecule has 0 aliphatic rings. The van der Waals surface area contributed by atoms with Crippen molar-refractivity contribution in [3.05, 3.63) is 54.2 Å². The van der Waals surface area contributed by atoms with E-state index < -0.39 is 0 Å². The standard InChI is InChI=1S/C21H23N3O4/c1-14(25)22-15-8-9-20(28-3)18(12-15)23-21(26)17-13-24(10-11-27-2)19-7-5-4-6-16(17)19/h4-9,12-13H,10-11H2,1-3H3,(H,22,25)(H,23,26). The maximum atomic E-state index is 13.0. The van der Waals surface area contributed by atoms with Crippen LogP contribution < -0.4 is 15.4 Å². The molecule has 0 aliphatic carbocycles. The van der Waals surface area contributed by atoms with Gasteiger partial charge in [0.15, 0.2) is 0 Å². The van der Waals surface area contributed by atoms with E-state index in [0.29, 0.717) is 35.8 Å². The van der Waals surface area contributed by atoms with Crippen molar-refractivity contribution in [3.8, 4) is 5.75 Å². The Labute approximate surface area is 163 Å². The number of hydrogen-bond donors (Lipinski definition) is 2. The van der Waals surface area contributed by atoms with Gasteiger partial charge in [-0.2, -0.15) is 0 Å². The molecule has 0 aliphatic heterocycles. The molecule has 0 bridgehead atoms. The highest BCUT2D eigenvalue weighted by Gasteiger charge is 2.17. The Morgan fingerprint density at radius 1 is 1.07 bits per heavy atom. The normalized spacial score (nSPS) is 10.7. The highest BCUT2D eigenvalue weighted by atomic mass is 16.5. The molecule has 3 aromatic rings. The van der Waals surface area contributed by atoms with Gasteiger partial charge in [-0.3, -0.25) is 9.59 Å². The summed E-state index contributed by atoms with van der Waals surface area (Å²) in [6.45, 7) is 2.62. The molecule has 7 heteroatoms.